The number of carboxylic acid groups (broad SMARTS) is 1. The Morgan fingerprint density at radius 2 is 1.86 bits per heavy atom. The average Bonchev–Trinajstić information content (AvgIpc) is 2.67. The monoisotopic (exact) mass is 378 g/mol. The number of rotatable bonds is 7. The van der Waals surface area contributed by atoms with E-state index in [9.17, 15) is 9.59 Å². The number of hydrogen-bond acceptors (Lipinski definition) is 4. The van der Waals surface area contributed by atoms with E-state index in [4.69, 9.17) is 14.3 Å². The van der Waals surface area contributed by atoms with Crippen LogP contribution in [0.15, 0.2) is 57.8 Å². The summed E-state index contributed by atoms with van der Waals surface area (Å²) in [6.07, 6.45) is 3.96. The van der Waals surface area contributed by atoms with E-state index in [2.05, 4.69) is 0 Å². The van der Waals surface area contributed by atoms with Crippen LogP contribution in [0.5, 0.6) is 5.75 Å². The second-order valence-corrected chi connectivity index (χ2v) is 6.58. The van der Waals surface area contributed by atoms with Crippen molar-refractivity contribution >= 4 is 23.0 Å². The van der Waals surface area contributed by atoms with Crippen LogP contribution in [0, 0.1) is 13.8 Å². The van der Waals surface area contributed by atoms with E-state index in [0.717, 1.165) is 22.1 Å². The third-order valence-electron chi connectivity index (χ3n) is 4.69. The van der Waals surface area contributed by atoms with Gasteiger partial charge in [0.25, 0.3) is 0 Å². The SMILES string of the molecule is Cc1c(CCC(=O)O)c(=O)oc2c(C)c(OC/C=C/c3ccccc3)ccc12. The summed E-state index contributed by atoms with van der Waals surface area (Å²) >= 11 is 0. The molecule has 5 heteroatoms. The normalized spacial score (nSPS) is 11.2. The number of benzene rings is 2. The van der Waals surface area contributed by atoms with Crippen LogP contribution < -0.4 is 10.4 Å². The van der Waals surface area contributed by atoms with Gasteiger partial charge in [0.1, 0.15) is 17.9 Å². The van der Waals surface area contributed by atoms with Crippen LogP contribution >= 0.6 is 0 Å². The van der Waals surface area contributed by atoms with Gasteiger partial charge in [-0.05, 0) is 49.6 Å². The summed E-state index contributed by atoms with van der Waals surface area (Å²) in [6.45, 7) is 4.05. The summed E-state index contributed by atoms with van der Waals surface area (Å²) in [5.74, 6) is -0.298. The molecule has 28 heavy (non-hydrogen) atoms. The summed E-state index contributed by atoms with van der Waals surface area (Å²) in [6, 6.07) is 13.6. The molecule has 144 valence electrons. The van der Waals surface area contributed by atoms with E-state index >= 15 is 0 Å². The van der Waals surface area contributed by atoms with Crippen molar-refractivity contribution in [3.63, 3.8) is 0 Å². The second kappa shape index (κ2) is 8.57. The number of hydrogen-bond donors (Lipinski definition) is 1. The highest BCUT2D eigenvalue weighted by Crippen LogP contribution is 2.29. The highest BCUT2D eigenvalue weighted by atomic mass is 16.5. The van der Waals surface area contributed by atoms with Gasteiger partial charge >= 0.3 is 11.6 Å². The number of carboxylic acids is 1. The van der Waals surface area contributed by atoms with Gasteiger partial charge in [0, 0.05) is 22.9 Å². The van der Waals surface area contributed by atoms with Crippen LogP contribution in [-0.4, -0.2) is 17.7 Å². The molecule has 2 aromatic carbocycles. The van der Waals surface area contributed by atoms with Gasteiger partial charge < -0.3 is 14.3 Å². The van der Waals surface area contributed by atoms with Crippen LogP contribution in [0.2, 0.25) is 0 Å². The fourth-order valence-electron chi connectivity index (χ4n) is 3.13. The van der Waals surface area contributed by atoms with Crippen molar-refractivity contribution in [1.82, 2.24) is 0 Å². The molecule has 0 radical (unpaired) electrons. The topological polar surface area (TPSA) is 76.7 Å². The molecule has 0 amide bonds. The minimum Gasteiger partial charge on any atom is -0.489 e. The number of carbonyl (C=O) groups is 1. The minimum atomic E-state index is -0.942. The van der Waals surface area contributed by atoms with Crippen molar-refractivity contribution in [2.75, 3.05) is 6.61 Å². The van der Waals surface area contributed by atoms with Gasteiger partial charge in [-0.15, -0.1) is 0 Å². The molecule has 3 rings (SSSR count). The van der Waals surface area contributed by atoms with Crippen molar-refractivity contribution in [3.05, 3.63) is 81.2 Å². The molecule has 0 saturated carbocycles. The third kappa shape index (κ3) is 4.31. The van der Waals surface area contributed by atoms with E-state index in [-0.39, 0.29) is 12.8 Å². The lowest BCUT2D eigenvalue weighted by atomic mass is 10.0. The lowest BCUT2D eigenvalue weighted by Gasteiger charge is -2.12. The van der Waals surface area contributed by atoms with Gasteiger partial charge in [-0.2, -0.15) is 0 Å². The summed E-state index contributed by atoms with van der Waals surface area (Å²) in [7, 11) is 0. The van der Waals surface area contributed by atoms with Crippen molar-refractivity contribution in [2.45, 2.75) is 26.7 Å². The molecule has 0 fully saturated rings. The molecule has 3 aromatic rings. The van der Waals surface area contributed by atoms with Crippen molar-refractivity contribution in [2.24, 2.45) is 0 Å². The summed E-state index contributed by atoms with van der Waals surface area (Å²) in [5, 5.41) is 9.67. The predicted octanol–water partition coefficient (Wildman–Crippen LogP) is 4.52. The van der Waals surface area contributed by atoms with E-state index in [1.165, 1.54) is 0 Å². The minimum absolute atomic E-state index is 0.106. The zero-order chi connectivity index (χ0) is 20.1. The van der Waals surface area contributed by atoms with E-state index in [0.29, 0.717) is 23.5 Å². The number of ether oxygens (including phenoxy) is 1. The molecule has 0 bridgehead atoms. The summed E-state index contributed by atoms with van der Waals surface area (Å²) in [5.41, 5.74) is 2.99. The molecule has 0 unspecified atom stereocenters. The fraction of sp³-hybridized carbons (Fsp3) is 0.217. The highest BCUT2D eigenvalue weighted by Gasteiger charge is 2.15. The van der Waals surface area contributed by atoms with Crippen molar-refractivity contribution in [3.8, 4) is 5.75 Å². The first-order valence-electron chi connectivity index (χ1n) is 9.09. The molecule has 0 aliphatic rings. The Hall–Kier alpha value is -3.34. The molecular weight excluding hydrogens is 356 g/mol. The van der Waals surface area contributed by atoms with Crippen LogP contribution in [-0.2, 0) is 11.2 Å². The first kappa shape index (κ1) is 19.4. The van der Waals surface area contributed by atoms with E-state index in [1.807, 2.05) is 68.5 Å². The highest BCUT2D eigenvalue weighted by molar-refractivity contribution is 5.85. The maximum absolute atomic E-state index is 12.3. The van der Waals surface area contributed by atoms with Gasteiger partial charge in [0.2, 0.25) is 0 Å². The number of fused-ring (bicyclic) bond motifs is 1. The molecule has 1 heterocycles. The predicted molar refractivity (Wildman–Crippen MR) is 109 cm³/mol. The van der Waals surface area contributed by atoms with Gasteiger partial charge in [-0.3, -0.25) is 4.79 Å². The van der Waals surface area contributed by atoms with Gasteiger partial charge in [0.05, 0.1) is 0 Å². The van der Waals surface area contributed by atoms with Crippen molar-refractivity contribution in [1.29, 1.82) is 0 Å². The molecule has 0 aliphatic carbocycles. The molecule has 0 saturated heterocycles. The quantitative estimate of drug-likeness (QED) is 0.612. The molecule has 0 aliphatic heterocycles. The second-order valence-electron chi connectivity index (χ2n) is 6.58. The Morgan fingerprint density at radius 3 is 2.57 bits per heavy atom. The lowest BCUT2D eigenvalue weighted by Crippen LogP contribution is -2.12. The molecule has 0 atom stereocenters. The Kier molecular flexibility index (Phi) is 5.94. The molecular formula is C23H22O5. The first-order valence-corrected chi connectivity index (χ1v) is 9.09. The zero-order valence-electron chi connectivity index (χ0n) is 15.9. The van der Waals surface area contributed by atoms with E-state index in [1.54, 1.807) is 0 Å². The summed E-state index contributed by atoms with van der Waals surface area (Å²) in [4.78, 5) is 23.2. The van der Waals surface area contributed by atoms with Gasteiger partial charge in [-0.1, -0.05) is 36.4 Å². The first-order chi connectivity index (χ1) is 13.5. The maximum atomic E-state index is 12.3. The van der Waals surface area contributed by atoms with Gasteiger partial charge in [0.15, 0.2) is 0 Å². The zero-order valence-corrected chi connectivity index (χ0v) is 15.9. The number of aliphatic carboxylic acids is 1. The third-order valence-corrected chi connectivity index (χ3v) is 4.69. The largest absolute Gasteiger partial charge is 0.489 e. The number of aryl methyl sites for hydroxylation is 2. The van der Waals surface area contributed by atoms with Crippen LogP contribution in [0.3, 0.4) is 0 Å². The molecule has 0 spiro atoms. The van der Waals surface area contributed by atoms with Gasteiger partial charge in [-0.25, -0.2) is 4.79 Å². The Balaban J connectivity index is 1.83. The Bertz CT molecular complexity index is 1080. The smallest absolute Gasteiger partial charge is 0.339 e. The fourth-order valence-corrected chi connectivity index (χ4v) is 3.13. The van der Waals surface area contributed by atoms with Crippen LogP contribution in [0.4, 0.5) is 0 Å². The molecule has 5 nitrogen and oxygen atoms in total. The van der Waals surface area contributed by atoms with Crippen LogP contribution in [0.25, 0.3) is 17.0 Å². The van der Waals surface area contributed by atoms with E-state index < -0.39 is 11.6 Å². The Labute approximate surface area is 162 Å². The summed E-state index contributed by atoms with van der Waals surface area (Å²) < 4.78 is 11.3. The average molecular weight is 378 g/mol. The molecule has 1 N–H and O–H groups in total. The lowest BCUT2D eigenvalue weighted by molar-refractivity contribution is -0.136. The Morgan fingerprint density at radius 1 is 1.11 bits per heavy atom. The molecule has 1 aromatic heterocycles. The van der Waals surface area contributed by atoms with Crippen molar-refractivity contribution < 1.29 is 19.1 Å². The maximum Gasteiger partial charge on any atom is 0.339 e. The standard InChI is InChI=1S/C23H22O5/c1-15-18-10-12-20(27-14-6-9-17-7-4-3-5-8-17)16(2)22(18)28-23(26)19(15)11-13-21(24)25/h3-10,12H,11,13-14H2,1-2H3,(H,24,25)/b9-6+. The van der Waals surface area contributed by atoms with Crippen LogP contribution in [0.1, 0.15) is 28.7 Å².